The zero-order valence-corrected chi connectivity index (χ0v) is 14.3. The molecule has 23 heavy (non-hydrogen) atoms. The summed E-state index contributed by atoms with van der Waals surface area (Å²) in [5, 5.41) is 3.57. The molecule has 2 aliphatic rings. The molecule has 0 radical (unpaired) electrons. The summed E-state index contributed by atoms with van der Waals surface area (Å²) in [4.78, 5) is 27.5. The van der Waals surface area contributed by atoms with Crippen LogP contribution in [0.3, 0.4) is 0 Å². The molecule has 1 aromatic carbocycles. The lowest BCUT2D eigenvalue weighted by Crippen LogP contribution is -2.43. The topological polar surface area (TPSA) is 49.4 Å². The molecule has 124 valence electrons. The van der Waals surface area contributed by atoms with Gasteiger partial charge >= 0.3 is 0 Å². The lowest BCUT2D eigenvalue weighted by molar-refractivity contribution is -0.142. The second-order valence-electron chi connectivity index (χ2n) is 6.70. The summed E-state index contributed by atoms with van der Waals surface area (Å²) in [6, 6.07) is 5.36. The Labute approximate surface area is 142 Å². The number of hydrogen-bond donors (Lipinski definition) is 1. The molecule has 1 aliphatic heterocycles. The largest absolute Gasteiger partial charge is 0.342 e. The van der Waals surface area contributed by atoms with Crippen molar-refractivity contribution in [3.63, 3.8) is 0 Å². The van der Waals surface area contributed by atoms with Crippen LogP contribution >= 0.6 is 11.6 Å². The Bertz CT molecular complexity index is 617. The number of hydrogen-bond acceptors (Lipinski definition) is 2. The van der Waals surface area contributed by atoms with E-state index in [-0.39, 0.29) is 11.8 Å². The number of nitrogens with zero attached hydrogens (tertiary/aromatic N) is 1. The molecule has 4 nitrogen and oxygen atoms in total. The van der Waals surface area contributed by atoms with E-state index in [2.05, 4.69) is 5.32 Å². The zero-order chi connectivity index (χ0) is 16.4. The highest BCUT2D eigenvalue weighted by atomic mass is 35.5. The zero-order valence-electron chi connectivity index (χ0n) is 13.5. The van der Waals surface area contributed by atoms with E-state index in [4.69, 9.17) is 11.6 Å². The number of aryl methyl sites for hydroxylation is 1. The molecule has 0 aromatic heterocycles. The number of rotatable bonds is 3. The summed E-state index contributed by atoms with van der Waals surface area (Å²) in [6.45, 7) is 3.47. The van der Waals surface area contributed by atoms with Gasteiger partial charge in [0.05, 0.1) is 0 Å². The summed E-state index contributed by atoms with van der Waals surface area (Å²) in [7, 11) is 0. The predicted octanol–water partition coefficient (Wildman–Crippen LogP) is 3.77. The van der Waals surface area contributed by atoms with Crippen molar-refractivity contribution in [2.45, 2.75) is 45.4 Å². The highest BCUT2D eigenvalue weighted by molar-refractivity contribution is 6.30. The van der Waals surface area contributed by atoms with E-state index in [1.54, 1.807) is 12.1 Å². The highest BCUT2D eigenvalue weighted by Crippen LogP contribution is 2.48. The minimum absolute atomic E-state index is 0.0171. The Hall–Kier alpha value is -1.55. The molecule has 2 fully saturated rings. The van der Waals surface area contributed by atoms with Gasteiger partial charge in [0.25, 0.3) is 0 Å². The monoisotopic (exact) mass is 334 g/mol. The summed E-state index contributed by atoms with van der Waals surface area (Å²) >= 11 is 5.95. The smallest absolute Gasteiger partial charge is 0.240 e. The maximum Gasteiger partial charge on any atom is 0.240 e. The van der Waals surface area contributed by atoms with E-state index in [0.29, 0.717) is 17.9 Å². The minimum atomic E-state index is -0.837. The van der Waals surface area contributed by atoms with Crippen molar-refractivity contribution < 1.29 is 9.59 Å². The molecule has 0 spiro atoms. The molecule has 1 aromatic rings. The van der Waals surface area contributed by atoms with Crippen LogP contribution in [0.2, 0.25) is 5.02 Å². The standard InChI is InChI=1S/C18H23ClN2O2/c1-13-12-14(19)6-7-15(13)20-16(22)18(8-9-18)17(23)21-10-4-2-3-5-11-21/h6-7,12H,2-5,8-11H2,1H3,(H,20,22). The van der Waals surface area contributed by atoms with Gasteiger partial charge in [-0.05, 0) is 56.4 Å². The number of carbonyl (C=O) groups excluding carboxylic acids is 2. The third-order valence-corrected chi connectivity index (χ3v) is 5.16. The second kappa shape index (κ2) is 6.52. The van der Waals surface area contributed by atoms with Crippen molar-refractivity contribution in [2.24, 2.45) is 5.41 Å². The van der Waals surface area contributed by atoms with Crippen molar-refractivity contribution in [3.05, 3.63) is 28.8 Å². The summed E-state index contributed by atoms with van der Waals surface area (Å²) in [6.07, 6.45) is 5.74. The summed E-state index contributed by atoms with van der Waals surface area (Å²) < 4.78 is 0. The van der Waals surface area contributed by atoms with E-state index in [0.717, 1.165) is 37.2 Å². The number of anilines is 1. The van der Waals surface area contributed by atoms with Crippen LogP contribution in [0.25, 0.3) is 0 Å². The van der Waals surface area contributed by atoms with E-state index in [1.165, 1.54) is 12.8 Å². The molecule has 1 saturated heterocycles. The molecule has 1 heterocycles. The van der Waals surface area contributed by atoms with Crippen LogP contribution in [0.1, 0.15) is 44.1 Å². The number of benzene rings is 1. The van der Waals surface area contributed by atoms with Crippen molar-refractivity contribution >= 4 is 29.1 Å². The quantitative estimate of drug-likeness (QED) is 0.855. The number of halogens is 1. The van der Waals surface area contributed by atoms with Gasteiger partial charge in [-0.15, -0.1) is 0 Å². The average Bonchev–Trinajstić information content (AvgIpc) is 3.34. The van der Waals surface area contributed by atoms with E-state index in [9.17, 15) is 9.59 Å². The van der Waals surface area contributed by atoms with Gasteiger partial charge < -0.3 is 10.2 Å². The number of amides is 2. The van der Waals surface area contributed by atoms with Gasteiger partial charge in [-0.1, -0.05) is 24.4 Å². The maximum absolute atomic E-state index is 12.8. The van der Waals surface area contributed by atoms with Gasteiger partial charge in [0.2, 0.25) is 11.8 Å². The fraction of sp³-hybridized carbons (Fsp3) is 0.556. The molecule has 1 N–H and O–H groups in total. The van der Waals surface area contributed by atoms with Gasteiger partial charge in [0.15, 0.2) is 0 Å². The molecular formula is C18H23ClN2O2. The Kier molecular flexibility index (Phi) is 4.62. The van der Waals surface area contributed by atoms with Crippen LogP contribution in [0.15, 0.2) is 18.2 Å². The maximum atomic E-state index is 12.8. The number of nitrogens with one attached hydrogen (secondary N) is 1. The average molecular weight is 335 g/mol. The molecule has 0 unspecified atom stereocenters. The van der Waals surface area contributed by atoms with Crippen LogP contribution in [0, 0.1) is 12.3 Å². The third kappa shape index (κ3) is 3.37. The molecule has 1 aliphatic carbocycles. The number of carbonyl (C=O) groups is 2. The fourth-order valence-corrected chi connectivity index (χ4v) is 3.48. The molecule has 0 bridgehead atoms. The number of likely N-dealkylation sites (tertiary alicyclic amines) is 1. The van der Waals surface area contributed by atoms with Gasteiger partial charge in [0, 0.05) is 23.8 Å². The van der Waals surface area contributed by atoms with Gasteiger partial charge in [-0.3, -0.25) is 9.59 Å². The Morgan fingerprint density at radius 3 is 2.35 bits per heavy atom. The first kappa shape index (κ1) is 16.3. The molecule has 2 amide bonds. The van der Waals surface area contributed by atoms with Gasteiger partial charge in [0.1, 0.15) is 5.41 Å². The van der Waals surface area contributed by atoms with E-state index >= 15 is 0 Å². The lowest BCUT2D eigenvalue weighted by atomic mass is 10.0. The van der Waals surface area contributed by atoms with Crippen LogP contribution in [0.5, 0.6) is 0 Å². The predicted molar refractivity (Wildman–Crippen MR) is 91.5 cm³/mol. The Morgan fingerprint density at radius 2 is 1.78 bits per heavy atom. The van der Waals surface area contributed by atoms with Crippen LogP contribution in [-0.2, 0) is 9.59 Å². The first-order chi connectivity index (χ1) is 11.0. The van der Waals surface area contributed by atoms with E-state index in [1.807, 2.05) is 17.9 Å². The van der Waals surface area contributed by atoms with Crippen molar-refractivity contribution in [1.82, 2.24) is 4.90 Å². The Balaban J connectivity index is 1.71. The molecular weight excluding hydrogens is 312 g/mol. The van der Waals surface area contributed by atoms with Crippen molar-refractivity contribution in [1.29, 1.82) is 0 Å². The first-order valence-corrected chi connectivity index (χ1v) is 8.78. The lowest BCUT2D eigenvalue weighted by Gasteiger charge is -2.25. The van der Waals surface area contributed by atoms with Crippen LogP contribution in [0.4, 0.5) is 5.69 Å². The normalized spacial score (nSPS) is 19.8. The van der Waals surface area contributed by atoms with Crippen LogP contribution in [-0.4, -0.2) is 29.8 Å². The first-order valence-electron chi connectivity index (χ1n) is 8.40. The fourth-order valence-electron chi connectivity index (χ4n) is 3.25. The molecule has 3 rings (SSSR count). The minimum Gasteiger partial charge on any atom is -0.342 e. The highest BCUT2D eigenvalue weighted by Gasteiger charge is 2.58. The summed E-state index contributed by atoms with van der Waals surface area (Å²) in [5.41, 5.74) is 0.800. The van der Waals surface area contributed by atoms with Crippen molar-refractivity contribution in [2.75, 3.05) is 18.4 Å². The van der Waals surface area contributed by atoms with E-state index < -0.39 is 5.41 Å². The molecule has 5 heteroatoms. The van der Waals surface area contributed by atoms with Gasteiger partial charge in [-0.25, -0.2) is 0 Å². The third-order valence-electron chi connectivity index (χ3n) is 4.92. The molecule has 1 saturated carbocycles. The van der Waals surface area contributed by atoms with Gasteiger partial charge in [-0.2, -0.15) is 0 Å². The second-order valence-corrected chi connectivity index (χ2v) is 7.14. The van der Waals surface area contributed by atoms with Crippen molar-refractivity contribution in [3.8, 4) is 0 Å². The van der Waals surface area contributed by atoms with Crippen LogP contribution < -0.4 is 5.32 Å². The summed E-state index contributed by atoms with van der Waals surface area (Å²) in [5.74, 6) is -0.152. The SMILES string of the molecule is Cc1cc(Cl)ccc1NC(=O)C1(C(=O)N2CCCCCC2)CC1. The molecule has 0 atom stereocenters. The Morgan fingerprint density at radius 1 is 1.13 bits per heavy atom.